The summed E-state index contributed by atoms with van der Waals surface area (Å²) in [6.45, 7) is 4.33. The molecular weight excluding hydrogens is 240 g/mol. The van der Waals surface area contributed by atoms with Gasteiger partial charge < -0.3 is 15.3 Å². The quantitative estimate of drug-likeness (QED) is 0.793. The summed E-state index contributed by atoms with van der Waals surface area (Å²) in [6, 6.07) is 3.44. The predicted octanol–water partition coefficient (Wildman–Crippen LogP) is 1.73. The molecule has 0 amide bonds. The van der Waals surface area contributed by atoms with Crippen molar-refractivity contribution >= 4 is 12.0 Å². The van der Waals surface area contributed by atoms with Crippen molar-refractivity contribution in [1.82, 2.24) is 9.88 Å². The summed E-state index contributed by atoms with van der Waals surface area (Å²) in [5.74, 6) is 0.942. The number of aromatic nitrogens is 1. The Labute approximate surface area is 114 Å². The number of nitrogens with one attached hydrogen (secondary N) is 1. The van der Waals surface area contributed by atoms with Gasteiger partial charge in [-0.1, -0.05) is 6.42 Å². The number of hydrogen-bond donors (Lipinski definition) is 2. The number of aliphatic imine (C=N–C) groups is 1. The molecule has 0 aliphatic carbocycles. The first-order valence-electron chi connectivity index (χ1n) is 6.88. The van der Waals surface area contributed by atoms with Gasteiger partial charge in [-0.15, -0.1) is 0 Å². The maximum absolute atomic E-state index is 9.61. The number of hydrogen-bond acceptors (Lipinski definition) is 5. The Morgan fingerprint density at radius 3 is 2.89 bits per heavy atom. The van der Waals surface area contributed by atoms with Crippen LogP contribution in [-0.2, 0) is 0 Å². The molecule has 0 aromatic carbocycles. The van der Waals surface area contributed by atoms with E-state index in [1.807, 2.05) is 0 Å². The van der Waals surface area contributed by atoms with E-state index in [9.17, 15) is 5.11 Å². The first-order valence-corrected chi connectivity index (χ1v) is 6.88. The number of pyridine rings is 1. The molecular formula is C14H22N4O. The highest BCUT2D eigenvalue weighted by molar-refractivity contribution is 5.81. The third-order valence-corrected chi connectivity index (χ3v) is 3.34. The minimum atomic E-state index is 0.159. The standard InChI is InChI=1S/C14H22N4O/c1-15-11-12-13(19)5-6-14(17-12)16-7-10-18-8-3-2-4-9-18/h5-6,11,19H,2-4,7-10H2,1H3,(H,16,17). The van der Waals surface area contributed by atoms with Crippen LogP contribution in [0, 0.1) is 0 Å². The van der Waals surface area contributed by atoms with Gasteiger partial charge in [0, 0.05) is 20.1 Å². The second kappa shape index (κ2) is 7.09. The van der Waals surface area contributed by atoms with Crippen LogP contribution in [0.2, 0.25) is 0 Å². The van der Waals surface area contributed by atoms with Gasteiger partial charge in [0.05, 0.1) is 6.21 Å². The van der Waals surface area contributed by atoms with Crippen LogP contribution in [0.5, 0.6) is 5.75 Å². The smallest absolute Gasteiger partial charge is 0.142 e. The number of anilines is 1. The second-order valence-electron chi connectivity index (χ2n) is 4.82. The van der Waals surface area contributed by atoms with E-state index in [0.717, 1.165) is 18.9 Å². The fourth-order valence-electron chi connectivity index (χ4n) is 2.31. The van der Waals surface area contributed by atoms with Crippen molar-refractivity contribution < 1.29 is 5.11 Å². The predicted molar refractivity (Wildman–Crippen MR) is 78.2 cm³/mol. The lowest BCUT2D eigenvalue weighted by Gasteiger charge is -2.26. The number of aromatic hydroxyl groups is 1. The molecule has 1 aromatic heterocycles. The SMILES string of the molecule is CN=Cc1nc(NCCN2CCCCC2)ccc1O. The van der Waals surface area contributed by atoms with Gasteiger partial charge >= 0.3 is 0 Å². The maximum Gasteiger partial charge on any atom is 0.142 e. The van der Waals surface area contributed by atoms with Gasteiger partial charge in [0.25, 0.3) is 0 Å². The van der Waals surface area contributed by atoms with Crippen LogP contribution in [0.25, 0.3) is 0 Å². The van der Waals surface area contributed by atoms with Gasteiger partial charge in [-0.3, -0.25) is 4.99 Å². The first-order chi connectivity index (χ1) is 9.29. The van der Waals surface area contributed by atoms with Crippen LogP contribution >= 0.6 is 0 Å². The molecule has 104 valence electrons. The van der Waals surface area contributed by atoms with Gasteiger partial charge in [0.15, 0.2) is 0 Å². The molecule has 2 N–H and O–H groups in total. The fraction of sp³-hybridized carbons (Fsp3) is 0.571. The van der Waals surface area contributed by atoms with Gasteiger partial charge in [-0.05, 0) is 38.1 Å². The van der Waals surface area contributed by atoms with Gasteiger partial charge in [-0.25, -0.2) is 4.98 Å². The molecule has 1 fully saturated rings. The summed E-state index contributed by atoms with van der Waals surface area (Å²) >= 11 is 0. The zero-order chi connectivity index (χ0) is 13.5. The normalized spacial score (nSPS) is 16.9. The van der Waals surface area contributed by atoms with E-state index >= 15 is 0 Å². The van der Waals surface area contributed by atoms with E-state index < -0.39 is 0 Å². The van der Waals surface area contributed by atoms with E-state index in [0.29, 0.717) is 5.69 Å². The molecule has 2 rings (SSSR count). The molecule has 19 heavy (non-hydrogen) atoms. The highest BCUT2D eigenvalue weighted by Gasteiger charge is 2.09. The molecule has 0 bridgehead atoms. The van der Waals surface area contributed by atoms with Crippen LogP contribution < -0.4 is 5.32 Å². The van der Waals surface area contributed by atoms with Crippen LogP contribution in [0.15, 0.2) is 17.1 Å². The Morgan fingerprint density at radius 1 is 1.37 bits per heavy atom. The van der Waals surface area contributed by atoms with Crippen LogP contribution in [0.1, 0.15) is 25.0 Å². The number of likely N-dealkylation sites (tertiary alicyclic amines) is 1. The molecule has 0 saturated carbocycles. The summed E-state index contributed by atoms with van der Waals surface area (Å²) in [4.78, 5) is 10.7. The third-order valence-electron chi connectivity index (χ3n) is 3.34. The van der Waals surface area contributed by atoms with E-state index in [-0.39, 0.29) is 5.75 Å². The lowest BCUT2D eigenvalue weighted by atomic mass is 10.1. The van der Waals surface area contributed by atoms with Gasteiger partial charge in [0.2, 0.25) is 0 Å². The largest absolute Gasteiger partial charge is 0.506 e. The van der Waals surface area contributed by atoms with E-state index in [1.165, 1.54) is 32.4 Å². The van der Waals surface area contributed by atoms with E-state index in [1.54, 1.807) is 25.4 Å². The molecule has 5 nitrogen and oxygen atoms in total. The third kappa shape index (κ3) is 4.21. The van der Waals surface area contributed by atoms with Crippen molar-refractivity contribution in [2.45, 2.75) is 19.3 Å². The van der Waals surface area contributed by atoms with Crippen LogP contribution in [-0.4, -0.2) is 54.4 Å². The Hall–Kier alpha value is -1.62. The van der Waals surface area contributed by atoms with Crippen molar-refractivity contribution in [2.75, 3.05) is 38.5 Å². The number of rotatable bonds is 5. The molecule has 5 heteroatoms. The monoisotopic (exact) mass is 262 g/mol. The Morgan fingerprint density at radius 2 is 2.16 bits per heavy atom. The summed E-state index contributed by atoms with van der Waals surface area (Å²) < 4.78 is 0. The summed E-state index contributed by atoms with van der Waals surface area (Å²) in [5.41, 5.74) is 0.505. The Kier molecular flexibility index (Phi) is 5.15. The maximum atomic E-state index is 9.61. The molecule has 0 atom stereocenters. The van der Waals surface area contributed by atoms with Gasteiger partial charge in [-0.2, -0.15) is 0 Å². The number of piperidine rings is 1. The topological polar surface area (TPSA) is 60.8 Å². The van der Waals surface area contributed by atoms with Crippen molar-refractivity contribution in [2.24, 2.45) is 4.99 Å². The average Bonchev–Trinajstić information content (AvgIpc) is 2.44. The lowest BCUT2D eigenvalue weighted by molar-refractivity contribution is 0.237. The molecule has 1 aromatic rings. The molecule has 1 aliphatic rings. The van der Waals surface area contributed by atoms with Crippen LogP contribution in [0.3, 0.4) is 0 Å². The number of nitrogens with zero attached hydrogens (tertiary/aromatic N) is 3. The van der Waals surface area contributed by atoms with Crippen molar-refractivity contribution in [1.29, 1.82) is 0 Å². The van der Waals surface area contributed by atoms with Gasteiger partial charge in [0.1, 0.15) is 17.3 Å². The Balaban J connectivity index is 1.83. The highest BCUT2D eigenvalue weighted by atomic mass is 16.3. The molecule has 0 spiro atoms. The summed E-state index contributed by atoms with van der Waals surface area (Å²) in [6.07, 6.45) is 5.55. The first kappa shape index (κ1) is 13.8. The average molecular weight is 262 g/mol. The lowest BCUT2D eigenvalue weighted by Crippen LogP contribution is -2.33. The van der Waals surface area contributed by atoms with Crippen LogP contribution in [0.4, 0.5) is 5.82 Å². The highest BCUT2D eigenvalue weighted by Crippen LogP contribution is 2.15. The van der Waals surface area contributed by atoms with Crippen molar-refractivity contribution in [3.63, 3.8) is 0 Å². The van der Waals surface area contributed by atoms with Crippen molar-refractivity contribution in [3.05, 3.63) is 17.8 Å². The molecule has 2 heterocycles. The minimum Gasteiger partial charge on any atom is -0.506 e. The Bertz CT molecular complexity index is 427. The summed E-state index contributed by atoms with van der Waals surface area (Å²) in [5, 5.41) is 12.9. The zero-order valence-corrected chi connectivity index (χ0v) is 11.5. The zero-order valence-electron chi connectivity index (χ0n) is 11.5. The van der Waals surface area contributed by atoms with E-state index in [4.69, 9.17) is 0 Å². The summed E-state index contributed by atoms with van der Waals surface area (Å²) in [7, 11) is 1.66. The second-order valence-corrected chi connectivity index (χ2v) is 4.82. The molecule has 1 saturated heterocycles. The molecule has 0 radical (unpaired) electrons. The fourth-order valence-corrected chi connectivity index (χ4v) is 2.31. The minimum absolute atomic E-state index is 0.159. The van der Waals surface area contributed by atoms with E-state index in [2.05, 4.69) is 20.2 Å². The molecule has 1 aliphatic heterocycles. The van der Waals surface area contributed by atoms with Crippen molar-refractivity contribution in [3.8, 4) is 5.75 Å². The molecule has 0 unspecified atom stereocenters.